The number of benzene rings is 2. The summed E-state index contributed by atoms with van der Waals surface area (Å²) in [7, 11) is -1.10. The van der Waals surface area contributed by atoms with E-state index in [-0.39, 0.29) is 11.7 Å². The zero-order valence-electron chi connectivity index (χ0n) is 12.1. The van der Waals surface area contributed by atoms with Crippen molar-refractivity contribution in [3.05, 3.63) is 66.0 Å². The summed E-state index contributed by atoms with van der Waals surface area (Å²) in [5.41, 5.74) is 0.921. The van der Waals surface area contributed by atoms with Crippen LogP contribution in [0.25, 0.3) is 0 Å². The van der Waals surface area contributed by atoms with E-state index in [4.69, 9.17) is 0 Å². The molecule has 2 rings (SSSR count). The van der Waals surface area contributed by atoms with Crippen molar-refractivity contribution >= 4 is 16.7 Å². The van der Waals surface area contributed by atoms with Crippen LogP contribution in [0.5, 0.6) is 0 Å². The second-order valence-corrected chi connectivity index (χ2v) is 6.41. The van der Waals surface area contributed by atoms with Crippen molar-refractivity contribution in [2.45, 2.75) is 17.7 Å². The fourth-order valence-corrected chi connectivity index (χ4v) is 2.95. The average Bonchev–Trinajstić information content (AvgIpc) is 2.55. The summed E-state index contributed by atoms with van der Waals surface area (Å²) in [6, 6.07) is 15.3. The van der Waals surface area contributed by atoms with Gasteiger partial charge in [0.1, 0.15) is 5.82 Å². The molecule has 1 unspecified atom stereocenters. The molecule has 1 amide bonds. The summed E-state index contributed by atoms with van der Waals surface area (Å²) >= 11 is 0. The average molecular weight is 319 g/mol. The highest BCUT2D eigenvalue weighted by atomic mass is 32.2. The van der Waals surface area contributed by atoms with E-state index in [2.05, 4.69) is 5.32 Å². The van der Waals surface area contributed by atoms with Crippen LogP contribution in [-0.2, 0) is 22.0 Å². The van der Waals surface area contributed by atoms with Crippen LogP contribution < -0.4 is 5.32 Å². The van der Waals surface area contributed by atoms with Crippen molar-refractivity contribution in [2.24, 2.45) is 0 Å². The molecule has 116 valence electrons. The molecule has 2 aromatic rings. The molecule has 0 spiro atoms. The van der Waals surface area contributed by atoms with E-state index in [9.17, 15) is 13.4 Å². The third kappa shape index (κ3) is 5.41. The fraction of sp³-hybridized carbons (Fsp3) is 0.235. The molecular weight excluding hydrogens is 301 g/mol. The van der Waals surface area contributed by atoms with Gasteiger partial charge in [-0.3, -0.25) is 9.00 Å². The number of hydrogen-bond acceptors (Lipinski definition) is 2. The van der Waals surface area contributed by atoms with Gasteiger partial charge in [-0.05, 0) is 36.2 Å². The lowest BCUT2D eigenvalue weighted by molar-refractivity contribution is -0.120. The van der Waals surface area contributed by atoms with E-state index in [1.165, 1.54) is 12.1 Å². The highest BCUT2D eigenvalue weighted by molar-refractivity contribution is 7.85. The molecule has 0 saturated heterocycles. The maximum absolute atomic E-state index is 12.8. The molecular formula is C17H18FNO2S. The van der Waals surface area contributed by atoms with Crippen molar-refractivity contribution in [2.75, 3.05) is 12.3 Å². The van der Waals surface area contributed by atoms with Gasteiger partial charge in [0.15, 0.2) is 0 Å². The summed E-state index contributed by atoms with van der Waals surface area (Å²) in [6.45, 7) is 0.379. The molecule has 0 heterocycles. The second-order valence-electron chi connectivity index (χ2n) is 4.84. The molecule has 0 bridgehead atoms. The van der Waals surface area contributed by atoms with E-state index in [1.807, 2.05) is 30.3 Å². The molecule has 0 saturated carbocycles. The highest BCUT2D eigenvalue weighted by Crippen LogP contribution is 2.06. The Kier molecular flexibility index (Phi) is 6.27. The zero-order chi connectivity index (χ0) is 15.8. The van der Waals surface area contributed by atoms with Crippen LogP contribution in [0.15, 0.2) is 59.5 Å². The third-order valence-electron chi connectivity index (χ3n) is 3.17. The van der Waals surface area contributed by atoms with Gasteiger partial charge in [-0.25, -0.2) is 4.39 Å². The molecule has 0 aliphatic rings. The van der Waals surface area contributed by atoms with E-state index < -0.39 is 10.8 Å². The maximum atomic E-state index is 12.8. The molecule has 0 aliphatic heterocycles. The van der Waals surface area contributed by atoms with E-state index in [0.29, 0.717) is 25.1 Å². The summed E-state index contributed by atoms with van der Waals surface area (Å²) in [6.07, 6.45) is 0.900. The van der Waals surface area contributed by atoms with Crippen LogP contribution in [0.3, 0.4) is 0 Å². The normalized spacial score (nSPS) is 11.9. The Morgan fingerprint density at radius 1 is 1.05 bits per heavy atom. The minimum Gasteiger partial charge on any atom is -0.355 e. The monoisotopic (exact) mass is 319 g/mol. The largest absolute Gasteiger partial charge is 0.355 e. The smallest absolute Gasteiger partial charge is 0.220 e. The van der Waals surface area contributed by atoms with Crippen LogP contribution in [0.4, 0.5) is 4.39 Å². The van der Waals surface area contributed by atoms with Crippen molar-refractivity contribution in [1.29, 1.82) is 0 Å². The van der Waals surface area contributed by atoms with Gasteiger partial charge >= 0.3 is 0 Å². The lowest BCUT2D eigenvalue weighted by atomic mass is 10.1. The zero-order valence-corrected chi connectivity index (χ0v) is 12.9. The van der Waals surface area contributed by atoms with E-state index in [0.717, 1.165) is 10.5 Å². The van der Waals surface area contributed by atoms with Crippen molar-refractivity contribution in [3.63, 3.8) is 0 Å². The number of aryl methyl sites for hydroxylation is 1. The lowest BCUT2D eigenvalue weighted by Gasteiger charge is -2.06. The Labute approximate surface area is 132 Å². The van der Waals surface area contributed by atoms with E-state index >= 15 is 0 Å². The molecule has 3 nitrogen and oxygen atoms in total. The summed E-state index contributed by atoms with van der Waals surface area (Å²) in [5, 5.41) is 2.76. The van der Waals surface area contributed by atoms with Crippen LogP contribution in [0.1, 0.15) is 12.0 Å². The Hall–Kier alpha value is -2.01. The van der Waals surface area contributed by atoms with Crippen molar-refractivity contribution in [1.82, 2.24) is 5.32 Å². The molecule has 0 radical (unpaired) electrons. The molecule has 0 aromatic heterocycles. The number of nitrogens with one attached hydrogen (secondary N) is 1. The summed E-state index contributed by atoms with van der Waals surface area (Å²) in [4.78, 5) is 12.5. The lowest BCUT2D eigenvalue weighted by Crippen LogP contribution is -2.27. The predicted octanol–water partition coefficient (Wildman–Crippen LogP) is 2.68. The maximum Gasteiger partial charge on any atom is 0.220 e. The van der Waals surface area contributed by atoms with Gasteiger partial charge in [-0.1, -0.05) is 30.3 Å². The topological polar surface area (TPSA) is 46.2 Å². The quantitative estimate of drug-likeness (QED) is 0.853. The summed E-state index contributed by atoms with van der Waals surface area (Å²) < 4.78 is 24.7. The van der Waals surface area contributed by atoms with Gasteiger partial charge in [0.05, 0.1) is 10.8 Å². The number of amides is 1. The molecule has 22 heavy (non-hydrogen) atoms. The van der Waals surface area contributed by atoms with Gasteiger partial charge in [-0.2, -0.15) is 0 Å². The SMILES string of the molecule is O=C(CCc1ccc(F)cc1)NCCS(=O)c1ccccc1. The van der Waals surface area contributed by atoms with Gasteiger partial charge in [0.2, 0.25) is 5.91 Å². The van der Waals surface area contributed by atoms with Gasteiger partial charge < -0.3 is 5.32 Å². The van der Waals surface area contributed by atoms with Crippen LogP contribution >= 0.6 is 0 Å². The first-order valence-corrected chi connectivity index (χ1v) is 8.41. The Bertz CT molecular complexity index is 629. The second kappa shape index (κ2) is 8.44. The van der Waals surface area contributed by atoms with Crippen LogP contribution in [-0.4, -0.2) is 22.4 Å². The number of hydrogen-bond donors (Lipinski definition) is 1. The molecule has 0 aliphatic carbocycles. The molecule has 5 heteroatoms. The number of halogens is 1. The van der Waals surface area contributed by atoms with Gasteiger partial charge in [0.25, 0.3) is 0 Å². The van der Waals surface area contributed by atoms with Crippen LogP contribution in [0.2, 0.25) is 0 Å². The first kappa shape index (κ1) is 16.4. The Morgan fingerprint density at radius 3 is 2.41 bits per heavy atom. The number of carbonyl (C=O) groups is 1. The standard InChI is InChI=1S/C17H18FNO2S/c18-15-9-6-14(7-10-15)8-11-17(20)19-12-13-22(21)16-4-2-1-3-5-16/h1-7,9-10H,8,11-13H2,(H,19,20). The first-order chi connectivity index (χ1) is 10.6. The van der Waals surface area contributed by atoms with Crippen molar-refractivity contribution in [3.8, 4) is 0 Å². The minimum atomic E-state index is -1.10. The molecule has 2 aromatic carbocycles. The Balaban J connectivity index is 1.67. The van der Waals surface area contributed by atoms with Gasteiger partial charge in [0, 0.05) is 23.6 Å². The minimum absolute atomic E-state index is 0.0885. The summed E-state index contributed by atoms with van der Waals surface area (Å²) in [5.74, 6) is 0.0257. The Morgan fingerprint density at radius 2 is 1.73 bits per heavy atom. The number of carbonyl (C=O) groups excluding carboxylic acids is 1. The third-order valence-corrected chi connectivity index (χ3v) is 4.54. The van der Waals surface area contributed by atoms with Crippen LogP contribution in [0, 0.1) is 5.82 Å². The molecule has 1 atom stereocenters. The molecule has 0 fully saturated rings. The number of rotatable bonds is 7. The van der Waals surface area contributed by atoms with Gasteiger partial charge in [-0.15, -0.1) is 0 Å². The van der Waals surface area contributed by atoms with E-state index in [1.54, 1.807) is 12.1 Å². The van der Waals surface area contributed by atoms with Crippen molar-refractivity contribution < 1.29 is 13.4 Å². The predicted molar refractivity (Wildman–Crippen MR) is 85.4 cm³/mol. The molecule has 1 N–H and O–H groups in total. The fourth-order valence-electron chi connectivity index (χ4n) is 1.97. The highest BCUT2D eigenvalue weighted by Gasteiger charge is 2.05. The first-order valence-electron chi connectivity index (χ1n) is 7.10.